The van der Waals surface area contributed by atoms with E-state index in [1.807, 2.05) is 26.1 Å². The molecule has 7 heteroatoms. The van der Waals surface area contributed by atoms with Gasteiger partial charge in [-0.25, -0.2) is 14.8 Å². The smallest absolute Gasteiger partial charge is 0.323 e. The van der Waals surface area contributed by atoms with E-state index in [1.54, 1.807) is 23.4 Å². The number of nitrogens with zero attached hydrogens (tertiary/aromatic N) is 4. The summed E-state index contributed by atoms with van der Waals surface area (Å²) in [5, 5.41) is 2.86. The fourth-order valence-electron chi connectivity index (χ4n) is 2.61. The second-order valence-electron chi connectivity index (χ2n) is 5.51. The normalized spacial score (nSPS) is 19.2. The molecular formula is C15H20N6O. The summed E-state index contributed by atoms with van der Waals surface area (Å²) >= 11 is 0. The van der Waals surface area contributed by atoms with E-state index in [1.165, 1.54) is 0 Å². The van der Waals surface area contributed by atoms with Gasteiger partial charge >= 0.3 is 6.03 Å². The van der Waals surface area contributed by atoms with Crippen LogP contribution in [0.4, 0.5) is 10.6 Å². The molecule has 0 radical (unpaired) electrons. The number of anilines is 1. The van der Waals surface area contributed by atoms with Crippen LogP contribution in [-0.2, 0) is 0 Å². The molecular weight excluding hydrogens is 280 g/mol. The molecule has 2 N–H and O–H groups in total. The van der Waals surface area contributed by atoms with E-state index in [-0.39, 0.29) is 12.1 Å². The number of likely N-dealkylation sites (N-methyl/N-ethyl adjacent to an activating group) is 1. The minimum atomic E-state index is -0.122. The Kier molecular flexibility index (Phi) is 4.06. The molecule has 0 aromatic carbocycles. The van der Waals surface area contributed by atoms with Gasteiger partial charge in [-0.2, -0.15) is 0 Å². The number of imidazole rings is 1. The maximum atomic E-state index is 12.4. The third kappa shape index (κ3) is 3.09. The predicted octanol–water partition coefficient (Wildman–Crippen LogP) is 1.63. The van der Waals surface area contributed by atoms with Crippen LogP contribution in [0.5, 0.6) is 0 Å². The van der Waals surface area contributed by atoms with E-state index in [2.05, 4.69) is 25.2 Å². The van der Waals surface area contributed by atoms with Crippen molar-refractivity contribution >= 4 is 11.8 Å². The number of aromatic amines is 1. The summed E-state index contributed by atoms with van der Waals surface area (Å²) in [4.78, 5) is 28.2. The monoisotopic (exact) mass is 300 g/mol. The van der Waals surface area contributed by atoms with Gasteiger partial charge in [0.05, 0.1) is 6.04 Å². The Balaban J connectivity index is 1.68. The van der Waals surface area contributed by atoms with Crippen molar-refractivity contribution in [1.29, 1.82) is 0 Å². The maximum Gasteiger partial charge on any atom is 0.323 e. The molecule has 2 aromatic heterocycles. The number of nitrogens with one attached hydrogen (secondary N) is 2. The number of hydrogen-bond donors (Lipinski definition) is 2. The van der Waals surface area contributed by atoms with E-state index in [9.17, 15) is 4.79 Å². The van der Waals surface area contributed by atoms with Gasteiger partial charge in [0.25, 0.3) is 0 Å². The number of carbonyl (C=O) groups is 1. The number of piperazine rings is 1. The first-order valence-corrected chi connectivity index (χ1v) is 7.32. The summed E-state index contributed by atoms with van der Waals surface area (Å²) < 4.78 is 0. The quantitative estimate of drug-likeness (QED) is 0.884. The molecule has 0 unspecified atom stereocenters. The molecule has 0 bridgehead atoms. The summed E-state index contributed by atoms with van der Waals surface area (Å²) in [6.07, 6.45) is 3.54. The zero-order valence-electron chi connectivity index (χ0n) is 12.8. The fraction of sp³-hybridized carbons (Fsp3) is 0.400. The highest BCUT2D eigenvalue weighted by Crippen LogP contribution is 2.21. The molecule has 3 rings (SSSR count). The molecule has 7 nitrogen and oxygen atoms in total. The summed E-state index contributed by atoms with van der Waals surface area (Å²) in [6, 6.07) is 5.54. The lowest BCUT2D eigenvalue weighted by Gasteiger charge is -2.38. The number of hydrogen-bond acceptors (Lipinski definition) is 4. The molecule has 1 fully saturated rings. The molecule has 2 amide bonds. The van der Waals surface area contributed by atoms with Gasteiger partial charge in [0.15, 0.2) is 0 Å². The highest BCUT2D eigenvalue weighted by Gasteiger charge is 2.30. The number of carbonyl (C=O) groups excluding carboxylic acids is 1. The SMILES string of the molecule is Cc1cccc(NC(=O)N2CCN(C)[C@@H](c3ncc[nH]3)C2)n1. The third-order valence-corrected chi connectivity index (χ3v) is 3.89. The fourth-order valence-corrected chi connectivity index (χ4v) is 2.61. The summed E-state index contributed by atoms with van der Waals surface area (Å²) in [5.74, 6) is 1.46. The van der Waals surface area contributed by atoms with Gasteiger partial charge in [0, 0.05) is 37.7 Å². The van der Waals surface area contributed by atoms with Crippen LogP contribution in [0, 0.1) is 6.92 Å². The minimum absolute atomic E-state index is 0.0833. The van der Waals surface area contributed by atoms with Crippen molar-refractivity contribution in [1.82, 2.24) is 24.8 Å². The van der Waals surface area contributed by atoms with Crippen molar-refractivity contribution in [2.75, 3.05) is 32.0 Å². The minimum Gasteiger partial charge on any atom is -0.347 e. The highest BCUT2D eigenvalue weighted by atomic mass is 16.2. The summed E-state index contributed by atoms with van der Waals surface area (Å²) in [6.45, 7) is 3.99. The Bertz CT molecular complexity index is 641. The number of H-pyrrole nitrogens is 1. The molecule has 3 heterocycles. The van der Waals surface area contributed by atoms with Crippen LogP contribution in [0.25, 0.3) is 0 Å². The van der Waals surface area contributed by atoms with Gasteiger partial charge in [-0.1, -0.05) is 6.07 Å². The van der Waals surface area contributed by atoms with Crippen LogP contribution in [0.1, 0.15) is 17.6 Å². The largest absolute Gasteiger partial charge is 0.347 e. The van der Waals surface area contributed by atoms with Gasteiger partial charge in [0.2, 0.25) is 0 Å². The van der Waals surface area contributed by atoms with Crippen LogP contribution in [0.2, 0.25) is 0 Å². The first-order valence-electron chi connectivity index (χ1n) is 7.32. The molecule has 1 aliphatic rings. The van der Waals surface area contributed by atoms with Crippen molar-refractivity contribution < 1.29 is 4.79 Å². The van der Waals surface area contributed by atoms with E-state index in [0.717, 1.165) is 18.1 Å². The molecule has 1 saturated heterocycles. The zero-order chi connectivity index (χ0) is 15.5. The molecule has 0 saturated carbocycles. The Hall–Kier alpha value is -2.41. The second-order valence-corrected chi connectivity index (χ2v) is 5.51. The molecule has 1 atom stereocenters. The van der Waals surface area contributed by atoms with Crippen LogP contribution < -0.4 is 5.32 Å². The molecule has 2 aromatic rings. The van der Waals surface area contributed by atoms with E-state index in [0.29, 0.717) is 18.9 Å². The topological polar surface area (TPSA) is 77.2 Å². The molecule has 116 valence electrons. The van der Waals surface area contributed by atoms with E-state index < -0.39 is 0 Å². The van der Waals surface area contributed by atoms with E-state index in [4.69, 9.17) is 0 Å². The average Bonchev–Trinajstić information content (AvgIpc) is 3.01. The van der Waals surface area contributed by atoms with Crippen LogP contribution in [0.3, 0.4) is 0 Å². The predicted molar refractivity (Wildman–Crippen MR) is 83.5 cm³/mol. The molecule has 0 spiro atoms. The van der Waals surface area contributed by atoms with Gasteiger partial charge < -0.3 is 9.88 Å². The van der Waals surface area contributed by atoms with Crippen LogP contribution in [0.15, 0.2) is 30.6 Å². The second kappa shape index (κ2) is 6.15. The molecule has 1 aliphatic heterocycles. The lowest BCUT2D eigenvalue weighted by Crippen LogP contribution is -2.50. The van der Waals surface area contributed by atoms with Gasteiger partial charge in [-0.05, 0) is 26.1 Å². The number of aryl methyl sites for hydroxylation is 1. The van der Waals surface area contributed by atoms with Gasteiger partial charge in [0.1, 0.15) is 11.6 Å². The average molecular weight is 300 g/mol. The highest BCUT2D eigenvalue weighted by molar-refractivity contribution is 5.88. The first-order chi connectivity index (χ1) is 10.6. The number of amides is 2. The Morgan fingerprint density at radius 3 is 3.00 bits per heavy atom. The van der Waals surface area contributed by atoms with Crippen molar-refractivity contribution in [3.63, 3.8) is 0 Å². The lowest BCUT2D eigenvalue weighted by molar-refractivity contribution is 0.112. The Morgan fingerprint density at radius 1 is 1.41 bits per heavy atom. The Labute approximate surface area is 129 Å². The maximum absolute atomic E-state index is 12.4. The zero-order valence-corrected chi connectivity index (χ0v) is 12.8. The van der Waals surface area contributed by atoms with Crippen molar-refractivity contribution in [2.45, 2.75) is 13.0 Å². The molecule has 22 heavy (non-hydrogen) atoms. The number of rotatable bonds is 2. The van der Waals surface area contributed by atoms with Crippen LogP contribution >= 0.6 is 0 Å². The van der Waals surface area contributed by atoms with E-state index >= 15 is 0 Å². The van der Waals surface area contributed by atoms with Crippen molar-refractivity contribution in [3.8, 4) is 0 Å². The summed E-state index contributed by atoms with van der Waals surface area (Å²) in [5.41, 5.74) is 0.879. The standard InChI is InChI=1S/C15H20N6O/c1-11-4-3-5-13(18-11)19-15(22)21-9-8-20(2)12(10-21)14-16-6-7-17-14/h3-7,12H,8-10H2,1-2H3,(H,16,17)(H,18,19,22)/t12-/m1/s1. The summed E-state index contributed by atoms with van der Waals surface area (Å²) in [7, 11) is 2.05. The van der Waals surface area contributed by atoms with Crippen LogP contribution in [-0.4, -0.2) is 57.5 Å². The molecule has 0 aliphatic carbocycles. The van der Waals surface area contributed by atoms with Gasteiger partial charge in [-0.15, -0.1) is 0 Å². The number of pyridine rings is 1. The van der Waals surface area contributed by atoms with Gasteiger partial charge in [-0.3, -0.25) is 10.2 Å². The lowest BCUT2D eigenvalue weighted by atomic mass is 10.1. The number of urea groups is 1. The Morgan fingerprint density at radius 2 is 2.27 bits per heavy atom. The number of aromatic nitrogens is 3. The first kappa shape index (κ1) is 14.5. The van der Waals surface area contributed by atoms with Crippen molar-refractivity contribution in [2.24, 2.45) is 0 Å². The third-order valence-electron chi connectivity index (χ3n) is 3.89. The van der Waals surface area contributed by atoms with Crippen molar-refractivity contribution in [3.05, 3.63) is 42.1 Å².